The second-order valence-corrected chi connectivity index (χ2v) is 9.33. The molecule has 154 valence electrons. The summed E-state index contributed by atoms with van der Waals surface area (Å²) in [7, 11) is -4.16. The summed E-state index contributed by atoms with van der Waals surface area (Å²) >= 11 is 7.51. The number of hydrogen-bond donors (Lipinski definition) is 2. The Morgan fingerprint density at radius 1 is 1.23 bits per heavy atom. The summed E-state index contributed by atoms with van der Waals surface area (Å²) in [4.78, 5) is 7.47. The van der Waals surface area contributed by atoms with E-state index in [1.807, 2.05) is 31.2 Å². The number of thiazole rings is 1. The van der Waals surface area contributed by atoms with E-state index in [9.17, 15) is 12.8 Å². The van der Waals surface area contributed by atoms with Crippen LogP contribution in [0.15, 0.2) is 64.6 Å². The largest absolute Gasteiger partial charge is 0.377 e. The van der Waals surface area contributed by atoms with Gasteiger partial charge in [0, 0.05) is 29.2 Å². The number of sulfonamides is 1. The lowest BCUT2D eigenvalue weighted by atomic mass is 10.0. The van der Waals surface area contributed by atoms with Crippen molar-refractivity contribution in [1.82, 2.24) is 9.97 Å². The minimum absolute atomic E-state index is 0.0836. The van der Waals surface area contributed by atoms with Crippen LogP contribution in [0.25, 0.3) is 10.8 Å². The second-order valence-electron chi connectivity index (χ2n) is 6.55. The maximum Gasteiger partial charge on any atom is 0.266 e. The van der Waals surface area contributed by atoms with Crippen molar-refractivity contribution in [3.05, 3.63) is 76.1 Å². The first-order valence-electron chi connectivity index (χ1n) is 8.84. The first-order valence-corrected chi connectivity index (χ1v) is 11.6. The van der Waals surface area contributed by atoms with Crippen LogP contribution < -0.4 is 10.0 Å². The summed E-state index contributed by atoms with van der Waals surface area (Å²) in [6.07, 6.45) is 3.49. The number of fused-ring (bicyclic) bond motifs is 1. The molecule has 0 radical (unpaired) electrons. The lowest BCUT2D eigenvalue weighted by Crippen LogP contribution is -2.15. The van der Waals surface area contributed by atoms with Crippen molar-refractivity contribution in [1.29, 1.82) is 0 Å². The lowest BCUT2D eigenvalue weighted by molar-refractivity contribution is 0.570. The number of pyridine rings is 1. The molecular weight excluding hydrogens is 447 g/mol. The van der Waals surface area contributed by atoms with Crippen LogP contribution in [0.1, 0.15) is 18.5 Å². The SMILES string of the molecule is C[C@@H](Nc1cc(F)c(S(=O)(=O)Nc2cscn2)cc1Cl)c1cccc2ccncc12. The zero-order valence-electron chi connectivity index (χ0n) is 15.6. The van der Waals surface area contributed by atoms with Gasteiger partial charge in [-0.3, -0.25) is 9.71 Å². The molecule has 10 heteroatoms. The highest BCUT2D eigenvalue weighted by atomic mass is 35.5. The third kappa shape index (κ3) is 4.09. The predicted octanol–water partition coefficient (Wildman–Crippen LogP) is 5.46. The molecule has 0 saturated heterocycles. The number of hydrogen-bond acceptors (Lipinski definition) is 6. The summed E-state index contributed by atoms with van der Waals surface area (Å²) in [5, 5.41) is 6.74. The summed E-state index contributed by atoms with van der Waals surface area (Å²) in [6, 6.07) is 9.70. The number of aromatic nitrogens is 2. The molecule has 0 bridgehead atoms. The maximum absolute atomic E-state index is 14.7. The van der Waals surface area contributed by atoms with E-state index in [1.165, 1.54) is 22.2 Å². The predicted molar refractivity (Wildman–Crippen MR) is 118 cm³/mol. The van der Waals surface area contributed by atoms with Crippen LogP contribution in [0, 0.1) is 5.82 Å². The number of nitrogens with one attached hydrogen (secondary N) is 2. The Kier molecular flexibility index (Phi) is 5.59. The Labute approximate surface area is 181 Å². The molecule has 4 aromatic rings. The summed E-state index contributed by atoms with van der Waals surface area (Å²) < 4.78 is 42.0. The van der Waals surface area contributed by atoms with Crippen LogP contribution >= 0.6 is 22.9 Å². The Hall–Kier alpha value is -2.75. The fourth-order valence-electron chi connectivity index (χ4n) is 3.13. The van der Waals surface area contributed by atoms with Gasteiger partial charge in [0.1, 0.15) is 10.7 Å². The molecule has 2 aromatic heterocycles. The molecule has 6 nitrogen and oxygen atoms in total. The van der Waals surface area contributed by atoms with Gasteiger partial charge in [-0.2, -0.15) is 0 Å². The number of rotatable bonds is 6. The van der Waals surface area contributed by atoms with Gasteiger partial charge in [0.25, 0.3) is 10.0 Å². The van der Waals surface area contributed by atoms with Gasteiger partial charge in [0.05, 0.1) is 16.2 Å². The van der Waals surface area contributed by atoms with E-state index in [0.717, 1.165) is 28.5 Å². The minimum Gasteiger partial charge on any atom is -0.377 e. The van der Waals surface area contributed by atoms with Crippen LogP contribution in [0.4, 0.5) is 15.9 Å². The van der Waals surface area contributed by atoms with E-state index in [0.29, 0.717) is 0 Å². The summed E-state index contributed by atoms with van der Waals surface area (Å²) in [5.41, 5.74) is 2.72. The standard InChI is InChI=1S/C20H16ClFN4O2S2/c1-12(14-4-2-3-13-5-6-23-9-15(13)14)25-18-8-17(22)19(7-16(18)21)30(27,28)26-20-10-29-11-24-20/h2-12,25-26H,1H3/t12-/m1/s1. The van der Waals surface area contributed by atoms with Gasteiger partial charge in [-0.15, -0.1) is 11.3 Å². The van der Waals surface area contributed by atoms with Crippen molar-refractivity contribution in [2.75, 3.05) is 10.0 Å². The average Bonchev–Trinajstić information content (AvgIpc) is 3.22. The Bertz CT molecular complexity index is 1310. The highest BCUT2D eigenvalue weighted by molar-refractivity contribution is 7.92. The normalized spacial score (nSPS) is 12.6. The van der Waals surface area contributed by atoms with E-state index >= 15 is 0 Å². The molecule has 1 atom stereocenters. The number of benzene rings is 2. The molecule has 0 fully saturated rings. The topological polar surface area (TPSA) is 84.0 Å². The van der Waals surface area contributed by atoms with Gasteiger partial charge in [0.2, 0.25) is 0 Å². The van der Waals surface area contributed by atoms with Gasteiger partial charge in [-0.05, 0) is 36.1 Å². The molecule has 30 heavy (non-hydrogen) atoms. The van der Waals surface area contributed by atoms with E-state index in [-0.39, 0.29) is 22.6 Å². The zero-order valence-corrected chi connectivity index (χ0v) is 18.0. The van der Waals surface area contributed by atoms with Gasteiger partial charge in [-0.25, -0.2) is 17.8 Å². The van der Waals surface area contributed by atoms with E-state index in [2.05, 4.69) is 20.0 Å². The quantitative estimate of drug-likeness (QED) is 0.397. The molecule has 0 unspecified atom stereocenters. The first kappa shape index (κ1) is 20.5. The maximum atomic E-state index is 14.7. The fraction of sp³-hybridized carbons (Fsp3) is 0.100. The molecule has 0 aliphatic rings. The Morgan fingerprint density at radius 2 is 2.07 bits per heavy atom. The van der Waals surface area contributed by atoms with Gasteiger partial charge in [0.15, 0.2) is 5.82 Å². The highest BCUT2D eigenvalue weighted by Gasteiger charge is 2.23. The number of anilines is 2. The van der Waals surface area contributed by atoms with Crippen LogP contribution in [0.3, 0.4) is 0 Å². The van der Waals surface area contributed by atoms with Crippen molar-refractivity contribution in [2.24, 2.45) is 0 Å². The Balaban J connectivity index is 1.63. The van der Waals surface area contributed by atoms with Crippen molar-refractivity contribution < 1.29 is 12.8 Å². The first-order chi connectivity index (χ1) is 14.3. The van der Waals surface area contributed by atoms with Crippen molar-refractivity contribution >= 4 is 55.2 Å². The van der Waals surface area contributed by atoms with Crippen molar-refractivity contribution in [3.63, 3.8) is 0 Å². The van der Waals surface area contributed by atoms with Crippen LogP contribution in [0.5, 0.6) is 0 Å². The molecule has 0 aliphatic heterocycles. The van der Waals surface area contributed by atoms with Crippen molar-refractivity contribution in [2.45, 2.75) is 17.9 Å². The zero-order chi connectivity index (χ0) is 21.3. The van der Waals surface area contributed by atoms with Gasteiger partial charge < -0.3 is 5.32 Å². The van der Waals surface area contributed by atoms with Crippen molar-refractivity contribution in [3.8, 4) is 0 Å². The Morgan fingerprint density at radius 3 is 2.83 bits per heavy atom. The average molecular weight is 463 g/mol. The number of halogens is 2. The third-order valence-corrected chi connectivity index (χ3v) is 6.81. The molecule has 4 rings (SSSR count). The van der Waals surface area contributed by atoms with Crippen LogP contribution in [-0.4, -0.2) is 18.4 Å². The van der Waals surface area contributed by atoms with Gasteiger partial charge in [-0.1, -0.05) is 29.8 Å². The second kappa shape index (κ2) is 8.17. The van der Waals surface area contributed by atoms with Gasteiger partial charge >= 0.3 is 0 Å². The molecule has 0 saturated carbocycles. The number of nitrogens with zero attached hydrogens (tertiary/aromatic N) is 2. The highest BCUT2D eigenvalue weighted by Crippen LogP contribution is 2.33. The van der Waals surface area contributed by atoms with Crippen LogP contribution in [-0.2, 0) is 10.0 Å². The molecule has 0 amide bonds. The summed E-state index contributed by atoms with van der Waals surface area (Å²) in [5.74, 6) is -0.799. The summed E-state index contributed by atoms with van der Waals surface area (Å²) in [6.45, 7) is 1.91. The minimum atomic E-state index is -4.16. The molecule has 2 heterocycles. The van der Waals surface area contributed by atoms with E-state index in [1.54, 1.807) is 12.4 Å². The molecular formula is C20H16ClFN4O2S2. The lowest BCUT2D eigenvalue weighted by Gasteiger charge is -2.19. The molecule has 0 aliphatic carbocycles. The third-order valence-electron chi connectivity index (χ3n) is 4.54. The monoisotopic (exact) mass is 462 g/mol. The molecule has 2 N–H and O–H groups in total. The van der Waals surface area contributed by atoms with E-state index < -0.39 is 20.7 Å². The van der Waals surface area contributed by atoms with E-state index in [4.69, 9.17) is 11.6 Å². The van der Waals surface area contributed by atoms with Crippen LogP contribution in [0.2, 0.25) is 5.02 Å². The smallest absolute Gasteiger partial charge is 0.266 e. The fourth-order valence-corrected chi connectivity index (χ4v) is 5.05. The molecule has 2 aromatic carbocycles. The molecule has 0 spiro atoms.